The average Bonchev–Trinajstić information content (AvgIpc) is 3.14. The van der Waals surface area contributed by atoms with Crippen LogP contribution >= 0.6 is 23.2 Å². The highest BCUT2D eigenvalue weighted by Gasteiger charge is 2.30. The van der Waals surface area contributed by atoms with Gasteiger partial charge in [-0.3, -0.25) is 9.30 Å². The summed E-state index contributed by atoms with van der Waals surface area (Å²) in [6.45, 7) is 0.453. The van der Waals surface area contributed by atoms with Crippen molar-refractivity contribution in [2.75, 3.05) is 10.8 Å². The van der Waals surface area contributed by atoms with Crippen LogP contribution in [0.4, 0.5) is 11.4 Å². The first-order chi connectivity index (χ1) is 13.5. The lowest BCUT2D eigenvalue weighted by molar-refractivity contribution is 0.592. The fourth-order valence-electron chi connectivity index (χ4n) is 3.15. The van der Waals surface area contributed by atoms with Crippen molar-refractivity contribution in [1.29, 1.82) is 0 Å². The van der Waals surface area contributed by atoms with Gasteiger partial charge in [-0.15, -0.1) is 0 Å². The van der Waals surface area contributed by atoms with Crippen LogP contribution in [0.2, 0.25) is 10.0 Å². The number of halogens is 2. The normalized spacial score (nSPS) is 13.9. The van der Waals surface area contributed by atoms with Gasteiger partial charge in [0, 0.05) is 18.3 Å². The highest BCUT2D eigenvalue weighted by Crippen LogP contribution is 2.33. The van der Waals surface area contributed by atoms with E-state index in [4.69, 9.17) is 23.2 Å². The Morgan fingerprint density at radius 2 is 1.68 bits per heavy atom. The van der Waals surface area contributed by atoms with Gasteiger partial charge in [-0.2, -0.15) is 0 Å². The van der Waals surface area contributed by atoms with Gasteiger partial charge in [-0.1, -0.05) is 53.5 Å². The van der Waals surface area contributed by atoms with E-state index in [0.29, 0.717) is 27.8 Å². The van der Waals surface area contributed by atoms with Crippen molar-refractivity contribution in [3.05, 3.63) is 87.9 Å². The minimum absolute atomic E-state index is 0.240. The lowest BCUT2D eigenvalue weighted by Crippen LogP contribution is -2.29. The molecule has 28 heavy (non-hydrogen) atoms. The number of aliphatic imine (C=N–C) groups is 1. The van der Waals surface area contributed by atoms with Crippen molar-refractivity contribution in [3.8, 4) is 0 Å². The van der Waals surface area contributed by atoms with Crippen molar-refractivity contribution in [2.24, 2.45) is 4.99 Å². The Morgan fingerprint density at radius 3 is 2.46 bits per heavy atom. The number of para-hydroxylation sites is 1. The molecule has 0 aromatic heterocycles. The van der Waals surface area contributed by atoms with Gasteiger partial charge in [-0.25, -0.2) is 8.42 Å². The van der Waals surface area contributed by atoms with E-state index in [1.54, 1.807) is 48.7 Å². The van der Waals surface area contributed by atoms with Crippen LogP contribution in [-0.2, 0) is 16.4 Å². The highest BCUT2D eigenvalue weighted by atomic mass is 35.5. The third-order valence-electron chi connectivity index (χ3n) is 4.60. The van der Waals surface area contributed by atoms with Crippen LogP contribution in [-0.4, -0.2) is 21.2 Å². The van der Waals surface area contributed by atoms with Gasteiger partial charge in [0.25, 0.3) is 10.0 Å². The predicted octanol–water partition coefficient (Wildman–Crippen LogP) is 5.50. The Labute approximate surface area is 174 Å². The fraction of sp³-hybridized carbons (Fsp3) is 0.0952. The Kier molecular flexibility index (Phi) is 5.15. The van der Waals surface area contributed by atoms with E-state index in [0.717, 1.165) is 17.7 Å². The minimum atomic E-state index is -3.61. The van der Waals surface area contributed by atoms with Crippen LogP contribution in [0.15, 0.2) is 76.6 Å². The molecule has 0 N–H and O–H groups in total. The molecule has 1 aliphatic rings. The fourth-order valence-corrected chi connectivity index (χ4v) is 5.01. The van der Waals surface area contributed by atoms with Gasteiger partial charge < -0.3 is 0 Å². The van der Waals surface area contributed by atoms with Crippen molar-refractivity contribution in [2.45, 2.75) is 11.3 Å². The molecule has 4 rings (SSSR count). The number of hydrogen-bond acceptors (Lipinski definition) is 3. The van der Waals surface area contributed by atoms with E-state index in [2.05, 4.69) is 4.99 Å². The van der Waals surface area contributed by atoms with Crippen molar-refractivity contribution >= 4 is 50.8 Å². The number of anilines is 1. The molecule has 0 radical (unpaired) electrons. The summed E-state index contributed by atoms with van der Waals surface area (Å²) in [7, 11) is -3.61. The first-order valence-electron chi connectivity index (χ1n) is 8.65. The first kappa shape index (κ1) is 19.0. The maximum absolute atomic E-state index is 13.0. The lowest BCUT2D eigenvalue weighted by Gasteiger charge is -2.19. The van der Waals surface area contributed by atoms with Gasteiger partial charge in [0.05, 0.1) is 26.3 Å². The summed E-state index contributed by atoms with van der Waals surface area (Å²) in [6.07, 6.45) is 2.33. The number of hydrogen-bond donors (Lipinski definition) is 0. The quantitative estimate of drug-likeness (QED) is 0.513. The standard InChI is InChI=1S/C21H16Cl2N2O2S/c22-19-6-3-5-16(21(19)23)14-24-17-8-10-18(11-9-17)28(26,27)25-13-12-15-4-1-2-7-20(15)25/h1-11,14H,12-13H2. The topological polar surface area (TPSA) is 49.7 Å². The number of nitrogens with zero attached hydrogens (tertiary/aromatic N) is 2. The van der Waals surface area contributed by atoms with Crippen molar-refractivity contribution in [1.82, 2.24) is 0 Å². The molecule has 0 amide bonds. The summed E-state index contributed by atoms with van der Waals surface area (Å²) in [5.41, 5.74) is 3.11. The molecule has 3 aromatic rings. The van der Waals surface area contributed by atoms with Crippen LogP contribution < -0.4 is 4.31 Å². The van der Waals surface area contributed by atoms with Gasteiger partial charge in [-0.05, 0) is 48.4 Å². The van der Waals surface area contributed by atoms with Crippen LogP contribution in [0.25, 0.3) is 0 Å². The summed E-state index contributed by atoms with van der Waals surface area (Å²) in [5, 5.41) is 0.887. The van der Waals surface area contributed by atoms with E-state index >= 15 is 0 Å². The molecule has 142 valence electrons. The van der Waals surface area contributed by atoms with Gasteiger partial charge in [0.15, 0.2) is 0 Å². The van der Waals surface area contributed by atoms with Crippen molar-refractivity contribution < 1.29 is 8.42 Å². The monoisotopic (exact) mass is 430 g/mol. The molecule has 0 aliphatic carbocycles. The third kappa shape index (κ3) is 3.53. The van der Waals surface area contributed by atoms with E-state index < -0.39 is 10.0 Å². The number of sulfonamides is 1. The SMILES string of the molecule is O=S(=O)(c1ccc(N=Cc2cccc(Cl)c2Cl)cc1)N1CCc2ccccc21. The zero-order chi connectivity index (χ0) is 19.7. The smallest absolute Gasteiger partial charge is 0.264 e. The molecule has 0 bridgehead atoms. The molecule has 3 aromatic carbocycles. The zero-order valence-electron chi connectivity index (χ0n) is 14.7. The Hall–Kier alpha value is -2.34. The summed E-state index contributed by atoms with van der Waals surface area (Å²) in [4.78, 5) is 4.60. The molecule has 0 saturated heterocycles. The lowest BCUT2D eigenvalue weighted by atomic mass is 10.2. The van der Waals surface area contributed by atoms with Gasteiger partial charge in [0.1, 0.15) is 0 Å². The molecule has 0 fully saturated rings. The van der Waals surface area contributed by atoms with Crippen LogP contribution in [0.3, 0.4) is 0 Å². The first-order valence-corrected chi connectivity index (χ1v) is 10.9. The molecular weight excluding hydrogens is 415 g/mol. The third-order valence-corrected chi connectivity index (χ3v) is 7.26. The summed E-state index contributed by atoms with van der Waals surface area (Å²) in [6, 6.07) is 19.4. The molecule has 0 atom stereocenters. The maximum atomic E-state index is 13.0. The molecule has 1 aliphatic heterocycles. The van der Waals surface area contributed by atoms with Crippen LogP contribution in [0.5, 0.6) is 0 Å². The van der Waals surface area contributed by atoms with E-state index in [9.17, 15) is 8.42 Å². The predicted molar refractivity (Wildman–Crippen MR) is 115 cm³/mol. The van der Waals surface area contributed by atoms with E-state index in [1.807, 2.05) is 24.3 Å². The number of benzene rings is 3. The molecule has 0 spiro atoms. The van der Waals surface area contributed by atoms with Crippen LogP contribution in [0.1, 0.15) is 11.1 Å². The Balaban J connectivity index is 1.58. The second-order valence-corrected chi connectivity index (χ2v) is 9.00. The molecule has 1 heterocycles. The molecule has 0 unspecified atom stereocenters. The minimum Gasteiger partial charge on any atom is -0.266 e. The second-order valence-electron chi connectivity index (χ2n) is 6.35. The summed E-state index contributed by atoms with van der Waals surface area (Å²) in [5.74, 6) is 0. The summed E-state index contributed by atoms with van der Waals surface area (Å²) < 4.78 is 27.5. The number of fused-ring (bicyclic) bond motifs is 1. The van der Waals surface area contributed by atoms with Gasteiger partial charge in [0.2, 0.25) is 0 Å². The van der Waals surface area contributed by atoms with E-state index in [-0.39, 0.29) is 4.90 Å². The molecule has 4 nitrogen and oxygen atoms in total. The zero-order valence-corrected chi connectivity index (χ0v) is 17.0. The second kappa shape index (κ2) is 7.59. The average molecular weight is 431 g/mol. The largest absolute Gasteiger partial charge is 0.266 e. The van der Waals surface area contributed by atoms with E-state index in [1.165, 1.54) is 4.31 Å². The number of rotatable bonds is 4. The van der Waals surface area contributed by atoms with Crippen LogP contribution in [0, 0.1) is 0 Å². The Bertz CT molecular complexity index is 1160. The summed E-state index contributed by atoms with van der Waals surface area (Å²) >= 11 is 12.2. The van der Waals surface area contributed by atoms with Crippen molar-refractivity contribution in [3.63, 3.8) is 0 Å². The molecule has 0 saturated carbocycles. The Morgan fingerprint density at radius 1 is 0.929 bits per heavy atom. The van der Waals surface area contributed by atoms with Gasteiger partial charge >= 0.3 is 0 Å². The molecule has 7 heteroatoms. The molecular formula is C21H16Cl2N2O2S. The maximum Gasteiger partial charge on any atom is 0.264 e. The highest BCUT2D eigenvalue weighted by molar-refractivity contribution is 7.92.